The molecule has 2 aromatic rings. The third-order valence-corrected chi connectivity index (χ3v) is 4.13. The van der Waals surface area contributed by atoms with Gasteiger partial charge in [-0.25, -0.2) is 8.78 Å². The van der Waals surface area contributed by atoms with E-state index in [2.05, 4.69) is 0 Å². The number of phenols is 2. The minimum Gasteiger partial charge on any atom is -0.504 e. The Morgan fingerprint density at radius 2 is 1.74 bits per heavy atom. The first kappa shape index (κ1) is 15.3. The summed E-state index contributed by atoms with van der Waals surface area (Å²) >= 11 is 0. The zero-order valence-corrected chi connectivity index (χ0v) is 12.2. The van der Waals surface area contributed by atoms with Gasteiger partial charge in [0.05, 0.1) is 5.56 Å². The van der Waals surface area contributed by atoms with E-state index in [4.69, 9.17) is 0 Å². The number of halogens is 2. The van der Waals surface area contributed by atoms with Crippen molar-refractivity contribution in [1.82, 2.24) is 4.90 Å². The fourth-order valence-electron chi connectivity index (χ4n) is 2.96. The van der Waals surface area contributed by atoms with Gasteiger partial charge < -0.3 is 15.1 Å². The lowest BCUT2D eigenvalue weighted by Gasteiger charge is -2.18. The van der Waals surface area contributed by atoms with Gasteiger partial charge >= 0.3 is 0 Å². The van der Waals surface area contributed by atoms with Gasteiger partial charge in [-0.2, -0.15) is 0 Å². The third kappa shape index (κ3) is 2.72. The second kappa shape index (κ2) is 5.87. The van der Waals surface area contributed by atoms with Crippen LogP contribution in [-0.2, 0) is 0 Å². The number of para-hydroxylation sites is 1. The summed E-state index contributed by atoms with van der Waals surface area (Å²) in [5, 5.41) is 19.3. The maximum absolute atomic E-state index is 13.9. The number of rotatable bonds is 2. The minimum atomic E-state index is -0.621. The van der Waals surface area contributed by atoms with Crippen LogP contribution in [0.5, 0.6) is 11.5 Å². The lowest BCUT2D eigenvalue weighted by molar-refractivity contribution is 0.0786. The van der Waals surface area contributed by atoms with E-state index in [1.165, 1.54) is 41.3 Å². The molecule has 0 aliphatic carbocycles. The minimum absolute atomic E-state index is 0.0112. The van der Waals surface area contributed by atoms with Crippen LogP contribution >= 0.6 is 0 Å². The van der Waals surface area contributed by atoms with Crippen LogP contribution in [0.2, 0.25) is 0 Å². The number of carbonyl (C=O) groups excluding carboxylic acids is 1. The van der Waals surface area contributed by atoms with Crippen molar-refractivity contribution >= 4 is 5.91 Å². The monoisotopic (exact) mass is 319 g/mol. The number of phenolic OH excluding ortho intramolecular Hbond substituents is 2. The van der Waals surface area contributed by atoms with Gasteiger partial charge in [-0.15, -0.1) is 0 Å². The number of hydrogen-bond donors (Lipinski definition) is 2. The summed E-state index contributed by atoms with van der Waals surface area (Å²) in [6.45, 7) is 0.484. The SMILES string of the molecule is O=C(c1cccc(O)c1O)N1CC[C@H](c2c(F)cccc2F)C1. The maximum atomic E-state index is 13.9. The predicted octanol–water partition coefficient (Wildman–Crippen LogP) is 3.01. The fourth-order valence-corrected chi connectivity index (χ4v) is 2.96. The number of hydrogen-bond acceptors (Lipinski definition) is 3. The van der Waals surface area contributed by atoms with Crippen molar-refractivity contribution in [2.75, 3.05) is 13.1 Å². The van der Waals surface area contributed by atoms with Gasteiger partial charge in [0.2, 0.25) is 0 Å². The largest absolute Gasteiger partial charge is 0.504 e. The molecule has 23 heavy (non-hydrogen) atoms. The van der Waals surface area contributed by atoms with Gasteiger partial charge in [0, 0.05) is 24.6 Å². The molecule has 0 radical (unpaired) electrons. The Kier molecular flexibility index (Phi) is 3.90. The van der Waals surface area contributed by atoms with Crippen molar-refractivity contribution in [3.8, 4) is 11.5 Å². The summed E-state index contributed by atoms with van der Waals surface area (Å²) < 4.78 is 27.7. The van der Waals surface area contributed by atoms with E-state index in [9.17, 15) is 23.8 Å². The zero-order valence-electron chi connectivity index (χ0n) is 12.2. The third-order valence-electron chi connectivity index (χ3n) is 4.13. The summed E-state index contributed by atoms with van der Waals surface area (Å²) in [6.07, 6.45) is 0.434. The first-order valence-electron chi connectivity index (χ1n) is 7.23. The van der Waals surface area contributed by atoms with Gasteiger partial charge in [-0.05, 0) is 30.7 Å². The quantitative estimate of drug-likeness (QED) is 0.837. The molecule has 1 saturated heterocycles. The molecule has 2 N–H and O–H groups in total. The summed E-state index contributed by atoms with van der Waals surface area (Å²) in [5.74, 6) is -3.02. The lowest BCUT2D eigenvalue weighted by atomic mass is 9.97. The highest BCUT2D eigenvalue weighted by molar-refractivity contribution is 5.97. The highest BCUT2D eigenvalue weighted by Crippen LogP contribution is 2.34. The summed E-state index contributed by atoms with van der Waals surface area (Å²) in [6, 6.07) is 7.82. The highest BCUT2D eigenvalue weighted by atomic mass is 19.1. The lowest BCUT2D eigenvalue weighted by Crippen LogP contribution is -2.28. The number of carbonyl (C=O) groups is 1. The van der Waals surface area contributed by atoms with Crippen molar-refractivity contribution in [1.29, 1.82) is 0 Å². The second-order valence-electron chi connectivity index (χ2n) is 5.55. The van der Waals surface area contributed by atoms with Crippen molar-refractivity contribution in [2.24, 2.45) is 0 Å². The Labute approximate surface area is 131 Å². The van der Waals surface area contributed by atoms with Gasteiger partial charge in [0.1, 0.15) is 11.6 Å². The van der Waals surface area contributed by atoms with E-state index in [0.717, 1.165) is 0 Å². The molecule has 1 heterocycles. The maximum Gasteiger partial charge on any atom is 0.257 e. The molecular formula is C17H15F2NO3. The van der Waals surface area contributed by atoms with E-state index >= 15 is 0 Å². The summed E-state index contributed by atoms with van der Waals surface area (Å²) in [5.41, 5.74) is -0.0393. The Bertz CT molecular complexity index is 743. The molecule has 6 heteroatoms. The van der Waals surface area contributed by atoms with Crippen LogP contribution in [0.1, 0.15) is 28.3 Å². The molecule has 0 aromatic heterocycles. The smallest absolute Gasteiger partial charge is 0.257 e. The molecule has 3 rings (SSSR count). The normalized spacial score (nSPS) is 17.5. The molecule has 1 fully saturated rings. The molecule has 0 bridgehead atoms. The molecule has 0 spiro atoms. The van der Waals surface area contributed by atoms with Crippen molar-refractivity contribution in [3.05, 3.63) is 59.2 Å². The Hall–Kier alpha value is -2.63. The summed E-state index contributed by atoms with van der Waals surface area (Å²) in [4.78, 5) is 13.9. The van der Waals surface area contributed by atoms with E-state index in [1.807, 2.05) is 0 Å². The number of aromatic hydroxyl groups is 2. The number of amides is 1. The van der Waals surface area contributed by atoms with Crippen molar-refractivity contribution in [3.63, 3.8) is 0 Å². The molecule has 1 aliphatic heterocycles. The molecule has 0 saturated carbocycles. The van der Waals surface area contributed by atoms with Crippen LogP contribution in [0.4, 0.5) is 8.78 Å². The summed E-state index contributed by atoms with van der Waals surface area (Å²) in [7, 11) is 0. The van der Waals surface area contributed by atoms with Crippen LogP contribution in [0.15, 0.2) is 36.4 Å². The molecule has 1 aliphatic rings. The first-order valence-corrected chi connectivity index (χ1v) is 7.23. The van der Waals surface area contributed by atoms with Crippen LogP contribution < -0.4 is 0 Å². The second-order valence-corrected chi connectivity index (χ2v) is 5.55. The Morgan fingerprint density at radius 1 is 1.09 bits per heavy atom. The number of benzene rings is 2. The molecule has 2 aromatic carbocycles. The van der Waals surface area contributed by atoms with E-state index in [1.54, 1.807) is 0 Å². The van der Waals surface area contributed by atoms with Crippen LogP contribution in [0.25, 0.3) is 0 Å². The van der Waals surface area contributed by atoms with Crippen molar-refractivity contribution < 1.29 is 23.8 Å². The molecule has 4 nitrogen and oxygen atoms in total. The average Bonchev–Trinajstić information content (AvgIpc) is 2.99. The molecule has 0 unspecified atom stereocenters. The van der Waals surface area contributed by atoms with E-state index in [0.29, 0.717) is 13.0 Å². The highest BCUT2D eigenvalue weighted by Gasteiger charge is 2.32. The molecular weight excluding hydrogens is 304 g/mol. The molecule has 1 amide bonds. The van der Waals surface area contributed by atoms with Crippen LogP contribution in [0, 0.1) is 11.6 Å². The van der Waals surface area contributed by atoms with E-state index < -0.39 is 29.2 Å². The Balaban J connectivity index is 1.83. The van der Waals surface area contributed by atoms with Gasteiger partial charge in [0.15, 0.2) is 11.5 Å². The average molecular weight is 319 g/mol. The van der Waals surface area contributed by atoms with Gasteiger partial charge in [0.25, 0.3) is 5.91 Å². The number of likely N-dealkylation sites (tertiary alicyclic amines) is 1. The molecule has 1 atom stereocenters. The van der Waals surface area contributed by atoms with Crippen LogP contribution in [0.3, 0.4) is 0 Å². The topological polar surface area (TPSA) is 60.8 Å². The standard InChI is InChI=1S/C17H15F2NO3/c18-12-4-2-5-13(19)15(12)10-7-8-20(9-10)17(23)11-3-1-6-14(21)16(11)22/h1-6,10,21-22H,7-9H2/t10-/m0/s1. The van der Waals surface area contributed by atoms with E-state index in [-0.39, 0.29) is 23.4 Å². The molecule has 120 valence electrons. The Morgan fingerprint density at radius 3 is 2.43 bits per heavy atom. The van der Waals surface area contributed by atoms with Crippen LogP contribution in [-0.4, -0.2) is 34.1 Å². The predicted molar refractivity (Wildman–Crippen MR) is 79.4 cm³/mol. The fraction of sp³-hybridized carbons (Fsp3) is 0.235. The number of nitrogens with zero attached hydrogens (tertiary/aromatic N) is 1. The first-order chi connectivity index (χ1) is 11.0. The van der Waals surface area contributed by atoms with Crippen molar-refractivity contribution in [2.45, 2.75) is 12.3 Å². The van der Waals surface area contributed by atoms with Gasteiger partial charge in [-0.1, -0.05) is 12.1 Å². The van der Waals surface area contributed by atoms with Gasteiger partial charge in [-0.3, -0.25) is 4.79 Å². The zero-order chi connectivity index (χ0) is 16.6.